The van der Waals surface area contributed by atoms with E-state index in [1.807, 2.05) is 13.8 Å². The first-order chi connectivity index (χ1) is 20.6. The van der Waals surface area contributed by atoms with Crippen LogP contribution in [0.15, 0.2) is 120 Å². The minimum Gasteiger partial charge on any atom is -0.456 e. The molecule has 1 atom stereocenters. The fourth-order valence-electron chi connectivity index (χ4n) is 6.57. The van der Waals surface area contributed by atoms with Gasteiger partial charge in [-0.2, -0.15) is 0 Å². The summed E-state index contributed by atoms with van der Waals surface area (Å²) in [5, 5.41) is 18.3. The highest BCUT2D eigenvalue weighted by Crippen LogP contribution is 2.42. The average Bonchev–Trinajstić information content (AvgIpc) is 3.39. The lowest BCUT2D eigenvalue weighted by molar-refractivity contribution is -0.0362. The van der Waals surface area contributed by atoms with E-state index in [4.69, 9.17) is 4.42 Å². The molecule has 1 heterocycles. The number of rotatable bonds is 6. The third kappa shape index (κ3) is 4.64. The standard InChI is InChI=1S/C40H37BO2/c1-25(39(2,3)40(4,5)42)41-35-15-10-16-37-38(35)34-23-28(21-22-36(34)43-37)26-17-19-27(20-18-26)33-24-29-11-6-7-12-30(29)31-13-8-9-14-32(31)33/h6-25,41-42H,1-5H3/t25-/m1/s1. The summed E-state index contributed by atoms with van der Waals surface area (Å²) in [6.07, 6.45) is 0. The third-order valence-corrected chi connectivity index (χ3v) is 10.2. The zero-order valence-corrected chi connectivity index (χ0v) is 25.6. The second-order valence-electron chi connectivity index (χ2n) is 13.3. The van der Waals surface area contributed by atoms with Crippen molar-refractivity contribution in [1.29, 1.82) is 0 Å². The molecule has 0 saturated heterocycles. The first-order valence-electron chi connectivity index (χ1n) is 15.3. The zero-order chi connectivity index (χ0) is 29.9. The van der Waals surface area contributed by atoms with Gasteiger partial charge in [-0.1, -0.05) is 123 Å². The molecule has 0 radical (unpaired) electrons. The van der Waals surface area contributed by atoms with Gasteiger partial charge in [-0.15, -0.1) is 0 Å². The first-order valence-corrected chi connectivity index (χ1v) is 15.3. The van der Waals surface area contributed by atoms with Crippen LogP contribution in [0, 0.1) is 5.41 Å². The average molecular weight is 561 g/mol. The molecule has 7 rings (SSSR count). The summed E-state index contributed by atoms with van der Waals surface area (Å²) < 4.78 is 6.32. The minimum absolute atomic E-state index is 0.252. The Labute approximate surface area is 254 Å². The topological polar surface area (TPSA) is 33.4 Å². The monoisotopic (exact) mass is 560 g/mol. The van der Waals surface area contributed by atoms with Crippen molar-refractivity contribution >= 4 is 56.2 Å². The molecular formula is C40H37BO2. The van der Waals surface area contributed by atoms with Crippen molar-refractivity contribution in [3.05, 3.63) is 115 Å². The highest BCUT2D eigenvalue weighted by Gasteiger charge is 2.40. The molecule has 0 aliphatic heterocycles. The fraction of sp³-hybridized carbons (Fsp3) is 0.200. The second-order valence-corrected chi connectivity index (χ2v) is 13.3. The number of furan rings is 1. The highest BCUT2D eigenvalue weighted by molar-refractivity contribution is 6.59. The number of benzene rings is 6. The summed E-state index contributed by atoms with van der Waals surface area (Å²) in [4.78, 5) is 0. The highest BCUT2D eigenvalue weighted by atomic mass is 16.3. The minimum atomic E-state index is -0.781. The van der Waals surface area contributed by atoms with Gasteiger partial charge >= 0.3 is 0 Å². The second kappa shape index (κ2) is 10.1. The molecule has 2 nitrogen and oxygen atoms in total. The largest absolute Gasteiger partial charge is 0.456 e. The normalized spacial score (nSPS) is 13.3. The maximum absolute atomic E-state index is 10.9. The smallest absolute Gasteiger partial charge is 0.162 e. The molecule has 0 unspecified atom stereocenters. The van der Waals surface area contributed by atoms with Crippen LogP contribution in [0.5, 0.6) is 0 Å². The molecule has 1 N–H and O–H groups in total. The molecule has 0 aliphatic carbocycles. The van der Waals surface area contributed by atoms with Crippen LogP contribution >= 0.6 is 0 Å². The van der Waals surface area contributed by atoms with E-state index < -0.39 is 5.60 Å². The van der Waals surface area contributed by atoms with E-state index in [1.54, 1.807) is 0 Å². The third-order valence-electron chi connectivity index (χ3n) is 10.2. The Kier molecular flexibility index (Phi) is 6.48. The van der Waals surface area contributed by atoms with Crippen LogP contribution in [0.3, 0.4) is 0 Å². The van der Waals surface area contributed by atoms with Gasteiger partial charge in [0, 0.05) is 10.8 Å². The molecule has 0 amide bonds. The fourth-order valence-corrected chi connectivity index (χ4v) is 6.57. The molecule has 7 aromatic rings. The molecule has 6 aromatic carbocycles. The molecule has 212 valence electrons. The van der Waals surface area contributed by atoms with Crippen LogP contribution in [-0.4, -0.2) is 18.0 Å². The van der Waals surface area contributed by atoms with E-state index in [2.05, 4.69) is 136 Å². The number of hydrogen-bond donors (Lipinski definition) is 1. The van der Waals surface area contributed by atoms with Crippen molar-refractivity contribution in [1.82, 2.24) is 0 Å². The molecule has 0 bridgehead atoms. The van der Waals surface area contributed by atoms with Crippen molar-refractivity contribution in [2.45, 2.75) is 46.0 Å². The molecule has 43 heavy (non-hydrogen) atoms. The van der Waals surface area contributed by atoms with Gasteiger partial charge in [0.15, 0.2) is 7.28 Å². The summed E-state index contributed by atoms with van der Waals surface area (Å²) >= 11 is 0. The Bertz CT molecular complexity index is 2130. The van der Waals surface area contributed by atoms with Crippen LogP contribution < -0.4 is 5.46 Å². The van der Waals surface area contributed by atoms with Crippen LogP contribution in [0.25, 0.3) is 65.7 Å². The summed E-state index contributed by atoms with van der Waals surface area (Å²) in [7, 11) is 0.863. The van der Waals surface area contributed by atoms with Crippen LogP contribution in [-0.2, 0) is 0 Å². The number of hydrogen-bond acceptors (Lipinski definition) is 2. The predicted octanol–water partition coefficient (Wildman–Crippen LogP) is 9.89. The summed E-state index contributed by atoms with van der Waals surface area (Å²) in [5.41, 5.74) is 6.86. The van der Waals surface area contributed by atoms with E-state index in [1.165, 1.54) is 54.6 Å². The van der Waals surface area contributed by atoms with Gasteiger partial charge < -0.3 is 9.52 Å². The van der Waals surface area contributed by atoms with Gasteiger partial charge in [0.25, 0.3) is 0 Å². The van der Waals surface area contributed by atoms with E-state index in [9.17, 15) is 5.11 Å². The lowest BCUT2D eigenvalue weighted by Gasteiger charge is -2.42. The molecule has 0 saturated carbocycles. The van der Waals surface area contributed by atoms with Gasteiger partial charge in [0.2, 0.25) is 0 Å². The maximum atomic E-state index is 10.9. The van der Waals surface area contributed by atoms with E-state index in [0.29, 0.717) is 0 Å². The summed E-state index contributed by atoms with van der Waals surface area (Å²) in [6, 6.07) is 41.5. The number of aliphatic hydroxyl groups is 1. The van der Waals surface area contributed by atoms with Crippen LogP contribution in [0.2, 0.25) is 5.82 Å². The van der Waals surface area contributed by atoms with Crippen molar-refractivity contribution in [2.75, 3.05) is 0 Å². The molecule has 0 aliphatic rings. The quantitative estimate of drug-likeness (QED) is 0.162. The Morgan fingerprint density at radius 3 is 2.00 bits per heavy atom. The lowest BCUT2D eigenvalue weighted by atomic mass is 9.48. The summed E-state index contributed by atoms with van der Waals surface area (Å²) in [5.74, 6) is 0.268. The van der Waals surface area contributed by atoms with Crippen molar-refractivity contribution in [3.8, 4) is 22.3 Å². The SMILES string of the molecule is C[C@@H](Bc1cccc2oc3ccc(-c4ccc(-c5cc6ccccc6c6ccccc56)cc4)cc3c12)C(C)(C)C(C)(C)O. The van der Waals surface area contributed by atoms with E-state index >= 15 is 0 Å². The Hall–Kier alpha value is -4.34. The zero-order valence-electron chi connectivity index (χ0n) is 25.6. The Balaban J connectivity index is 1.28. The number of fused-ring (bicyclic) bond motifs is 6. The lowest BCUT2D eigenvalue weighted by Crippen LogP contribution is -2.44. The first kappa shape index (κ1) is 27.5. The van der Waals surface area contributed by atoms with E-state index in [0.717, 1.165) is 23.8 Å². The molecule has 0 fully saturated rings. The van der Waals surface area contributed by atoms with Crippen molar-refractivity contribution in [2.24, 2.45) is 5.41 Å². The Morgan fingerprint density at radius 1 is 0.605 bits per heavy atom. The van der Waals surface area contributed by atoms with Gasteiger partial charge in [0.1, 0.15) is 11.2 Å². The molecular weight excluding hydrogens is 523 g/mol. The van der Waals surface area contributed by atoms with Gasteiger partial charge in [-0.05, 0) is 87.3 Å². The van der Waals surface area contributed by atoms with Crippen molar-refractivity contribution in [3.63, 3.8) is 0 Å². The van der Waals surface area contributed by atoms with Gasteiger partial charge in [-0.25, -0.2) is 0 Å². The molecule has 3 heteroatoms. The van der Waals surface area contributed by atoms with Crippen molar-refractivity contribution < 1.29 is 9.52 Å². The molecule has 1 aromatic heterocycles. The van der Waals surface area contributed by atoms with Crippen LogP contribution in [0.4, 0.5) is 0 Å². The van der Waals surface area contributed by atoms with E-state index in [-0.39, 0.29) is 11.2 Å². The van der Waals surface area contributed by atoms with Gasteiger partial charge in [-0.3, -0.25) is 0 Å². The predicted molar refractivity (Wildman–Crippen MR) is 186 cm³/mol. The van der Waals surface area contributed by atoms with Gasteiger partial charge in [0.05, 0.1) is 5.60 Å². The summed E-state index contributed by atoms with van der Waals surface area (Å²) in [6.45, 7) is 10.4. The molecule has 0 spiro atoms. The van der Waals surface area contributed by atoms with Crippen LogP contribution in [0.1, 0.15) is 34.6 Å². The maximum Gasteiger partial charge on any atom is 0.162 e. The Morgan fingerprint density at radius 2 is 1.26 bits per heavy atom.